The van der Waals surface area contributed by atoms with Crippen molar-refractivity contribution in [3.05, 3.63) is 23.5 Å². The first-order valence-corrected chi connectivity index (χ1v) is 12.5. The number of amidine groups is 2. The Morgan fingerprint density at radius 2 is 2.03 bits per heavy atom. The fourth-order valence-corrected chi connectivity index (χ4v) is 5.36. The molecule has 0 unspecified atom stereocenters. The first kappa shape index (κ1) is 24.8. The molecule has 3 fully saturated rings. The second-order valence-electron chi connectivity index (χ2n) is 11.2. The zero-order valence-corrected chi connectivity index (χ0v) is 21.6. The number of aliphatic imine (C=N–C) groups is 2. The molecule has 1 saturated heterocycles. The highest BCUT2D eigenvalue weighted by Gasteiger charge is 2.54. The third-order valence-electron chi connectivity index (χ3n) is 7.03. The number of nitrogens with zero attached hydrogens (tertiary/aromatic N) is 4. The van der Waals surface area contributed by atoms with E-state index in [9.17, 15) is 9.59 Å². The van der Waals surface area contributed by atoms with Crippen LogP contribution in [0.15, 0.2) is 33.5 Å². The zero-order valence-electron chi connectivity index (χ0n) is 20.9. The highest BCUT2D eigenvalue weighted by atomic mass is 35.5. The zero-order chi connectivity index (χ0) is 24.8. The van der Waals surface area contributed by atoms with Gasteiger partial charge in [-0.3, -0.25) is 9.69 Å². The van der Waals surface area contributed by atoms with E-state index in [2.05, 4.69) is 28.8 Å². The lowest BCUT2D eigenvalue weighted by molar-refractivity contribution is -0.122. The summed E-state index contributed by atoms with van der Waals surface area (Å²) in [6.07, 6.45) is 5.88. The minimum Gasteiger partial charge on any atom is -0.444 e. The molecule has 34 heavy (non-hydrogen) atoms. The number of rotatable bonds is 5. The number of allylic oxidation sites excluding steroid dienone is 1. The van der Waals surface area contributed by atoms with Gasteiger partial charge >= 0.3 is 6.09 Å². The molecule has 0 bridgehead atoms. The quantitative estimate of drug-likeness (QED) is 0.584. The minimum atomic E-state index is -0.475. The SMILES string of the molecule is C=C(Cl)/N=C1\C(=C/C)N=C(NCC2CC3(C2)CN(C(=O)OC(C)(C)C)C3)C(=O)N1[C@@H](C)C1CC1. The number of nitrogens with one attached hydrogen (secondary N) is 1. The number of halogens is 1. The fraction of sp³-hybridized carbons (Fsp3) is 0.680. The van der Waals surface area contributed by atoms with E-state index < -0.39 is 5.60 Å². The highest BCUT2D eigenvalue weighted by Crippen LogP contribution is 2.51. The van der Waals surface area contributed by atoms with Gasteiger partial charge in [-0.2, -0.15) is 0 Å². The van der Waals surface area contributed by atoms with Gasteiger partial charge in [-0.15, -0.1) is 0 Å². The molecule has 2 saturated carbocycles. The molecule has 2 amide bonds. The smallest absolute Gasteiger partial charge is 0.410 e. The minimum absolute atomic E-state index is 0.0188. The van der Waals surface area contributed by atoms with Gasteiger partial charge in [0, 0.05) is 31.1 Å². The van der Waals surface area contributed by atoms with Gasteiger partial charge in [0.15, 0.2) is 11.7 Å². The number of carbonyl (C=O) groups excluding carboxylic acids is 2. The van der Waals surface area contributed by atoms with Crippen molar-refractivity contribution >= 4 is 35.3 Å². The van der Waals surface area contributed by atoms with Crippen LogP contribution in [0.2, 0.25) is 0 Å². The third-order valence-corrected chi connectivity index (χ3v) is 7.11. The standard InChI is InChI=1S/C25H36ClN5O3/c1-7-19-21(28-16(3)26)31(15(2)18-8-9-18)22(32)20(29-19)27-12-17-10-25(11-17)13-30(14-25)23(33)34-24(4,5)6/h7,15,17-18H,3,8-14H2,1-2,4-6H3,(H,27,29)/b19-7+,28-21+/t15-/m0/s1. The van der Waals surface area contributed by atoms with Crippen LogP contribution in [0.1, 0.15) is 60.3 Å². The van der Waals surface area contributed by atoms with Gasteiger partial charge in [-0.05, 0) is 72.1 Å². The molecule has 0 aromatic rings. The van der Waals surface area contributed by atoms with E-state index in [0.717, 1.165) is 38.8 Å². The molecule has 1 spiro atoms. The molecule has 186 valence electrons. The molecule has 0 aromatic heterocycles. The number of hydrogen-bond donors (Lipinski definition) is 1. The lowest BCUT2D eigenvalue weighted by atomic mass is 9.58. The first-order valence-electron chi connectivity index (χ1n) is 12.2. The summed E-state index contributed by atoms with van der Waals surface area (Å²) < 4.78 is 5.46. The molecule has 2 aliphatic carbocycles. The normalized spacial score (nSPS) is 25.7. The summed E-state index contributed by atoms with van der Waals surface area (Å²) in [7, 11) is 0. The Bertz CT molecular complexity index is 962. The van der Waals surface area contributed by atoms with Crippen LogP contribution in [0.5, 0.6) is 0 Å². The van der Waals surface area contributed by atoms with E-state index in [1.165, 1.54) is 0 Å². The van der Waals surface area contributed by atoms with Crippen LogP contribution >= 0.6 is 11.6 Å². The number of hydrogen-bond acceptors (Lipinski definition) is 6. The second kappa shape index (κ2) is 9.02. The Labute approximate surface area is 207 Å². The Balaban J connectivity index is 1.35. The van der Waals surface area contributed by atoms with Crippen molar-refractivity contribution in [2.45, 2.75) is 71.9 Å². The van der Waals surface area contributed by atoms with Crippen molar-refractivity contribution in [3.8, 4) is 0 Å². The third kappa shape index (κ3) is 5.16. The van der Waals surface area contributed by atoms with Gasteiger partial charge in [-0.25, -0.2) is 14.8 Å². The maximum atomic E-state index is 13.4. The van der Waals surface area contributed by atoms with Gasteiger partial charge in [0.25, 0.3) is 5.91 Å². The Kier molecular flexibility index (Phi) is 6.57. The summed E-state index contributed by atoms with van der Waals surface area (Å²) >= 11 is 5.98. The van der Waals surface area contributed by atoms with Crippen molar-refractivity contribution in [3.63, 3.8) is 0 Å². The van der Waals surface area contributed by atoms with Crippen LogP contribution in [0, 0.1) is 17.3 Å². The van der Waals surface area contributed by atoms with E-state index in [1.807, 2.05) is 33.8 Å². The van der Waals surface area contributed by atoms with Gasteiger partial charge < -0.3 is 15.0 Å². The predicted molar refractivity (Wildman–Crippen MR) is 134 cm³/mol. The maximum Gasteiger partial charge on any atom is 0.410 e. The van der Waals surface area contributed by atoms with E-state index in [-0.39, 0.29) is 28.6 Å². The van der Waals surface area contributed by atoms with E-state index in [4.69, 9.17) is 16.3 Å². The van der Waals surface area contributed by atoms with Gasteiger partial charge in [0.2, 0.25) is 0 Å². The molecule has 2 aliphatic heterocycles. The average molecular weight is 490 g/mol. The monoisotopic (exact) mass is 489 g/mol. The van der Waals surface area contributed by atoms with E-state index in [1.54, 1.807) is 9.80 Å². The van der Waals surface area contributed by atoms with Gasteiger partial charge in [0.1, 0.15) is 16.5 Å². The molecule has 2 heterocycles. The average Bonchev–Trinajstić information content (AvgIpc) is 3.50. The molecule has 1 N–H and O–H groups in total. The summed E-state index contributed by atoms with van der Waals surface area (Å²) in [6.45, 7) is 15.4. The molecular formula is C25H36ClN5O3. The summed E-state index contributed by atoms with van der Waals surface area (Å²) in [5.41, 5.74) is 0.342. The van der Waals surface area contributed by atoms with E-state index >= 15 is 0 Å². The van der Waals surface area contributed by atoms with Crippen molar-refractivity contribution in [1.29, 1.82) is 0 Å². The maximum absolute atomic E-state index is 13.4. The highest BCUT2D eigenvalue weighted by molar-refractivity contribution is 6.44. The molecule has 8 nitrogen and oxygen atoms in total. The summed E-state index contributed by atoms with van der Waals surface area (Å²) in [6, 6.07) is 0.0188. The Morgan fingerprint density at radius 3 is 2.56 bits per heavy atom. The molecule has 9 heteroatoms. The largest absolute Gasteiger partial charge is 0.444 e. The van der Waals surface area contributed by atoms with Crippen LogP contribution in [-0.2, 0) is 9.53 Å². The van der Waals surface area contributed by atoms with Gasteiger partial charge in [-0.1, -0.05) is 24.3 Å². The summed E-state index contributed by atoms with van der Waals surface area (Å²) in [4.78, 5) is 38.0. The van der Waals surface area contributed by atoms with E-state index in [0.29, 0.717) is 35.7 Å². The summed E-state index contributed by atoms with van der Waals surface area (Å²) in [5.74, 6) is 1.56. The predicted octanol–water partition coefficient (Wildman–Crippen LogP) is 4.27. The van der Waals surface area contributed by atoms with Crippen LogP contribution < -0.4 is 5.32 Å². The summed E-state index contributed by atoms with van der Waals surface area (Å²) in [5, 5.41) is 3.44. The van der Waals surface area contributed by atoms with Crippen molar-refractivity contribution < 1.29 is 14.3 Å². The van der Waals surface area contributed by atoms with Crippen LogP contribution in [-0.4, -0.2) is 64.7 Å². The molecule has 1 atom stereocenters. The molecule has 0 aromatic carbocycles. The van der Waals surface area contributed by atoms with Crippen molar-refractivity contribution in [2.24, 2.45) is 27.2 Å². The number of ether oxygens (including phenoxy) is 1. The van der Waals surface area contributed by atoms with Crippen LogP contribution in [0.3, 0.4) is 0 Å². The molecule has 0 radical (unpaired) electrons. The van der Waals surface area contributed by atoms with Gasteiger partial charge in [0.05, 0.1) is 0 Å². The number of carbonyl (C=O) groups is 2. The Morgan fingerprint density at radius 1 is 1.38 bits per heavy atom. The fourth-order valence-electron chi connectivity index (χ4n) is 5.28. The lowest BCUT2D eigenvalue weighted by Crippen LogP contribution is -2.65. The van der Waals surface area contributed by atoms with Crippen LogP contribution in [0.4, 0.5) is 4.79 Å². The molecular weight excluding hydrogens is 454 g/mol. The Hall–Kier alpha value is -2.35. The number of likely N-dealkylation sites (tertiary alicyclic amines) is 1. The topological polar surface area (TPSA) is 86.6 Å². The van der Waals surface area contributed by atoms with Crippen molar-refractivity contribution in [1.82, 2.24) is 15.1 Å². The first-order chi connectivity index (χ1) is 15.9. The van der Waals surface area contributed by atoms with Crippen molar-refractivity contribution in [2.75, 3.05) is 19.6 Å². The lowest BCUT2D eigenvalue weighted by Gasteiger charge is -2.58. The van der Waals surface area contributed by atoms with Crippen LogP contribution in [0.25, 0.3) is 0 Å². The molecule has 4 aliphatic rings. The number of amides is 2. The second-order valence-corrected chi connectivity index (χ2v) is 11.6. The molecule has 4 rings (SSSR count).